The molecule has 28 heavy (non-hydrogen) atoms. The molecule has 2 aromatic rings. The first kappa shape index (κ1) is 20.4. The van der Waals surface area contributed by atoms with E-state index in [1.165, 1.54) is 11.3 Å². The van der Waals surface area contributed by atoms with Gasteiger partial charge in [0, 0.05) is 31.5 Å². The van der Waals surface area contributed by atoms with Crippen LogP contribution in [0.25, 0.3) is 0 Å². The van der Waals surface area contributed by atoms with Crippen LogP contribution in [0.3, 0.4) is 0 Å². The topological polar surface area (TPSA) is 78.4 Å². The Balaban J connectivity index is 1.59. The summed E-state index contributed by atoms with van der Waals surface area (Å²) in [7, 11) is 3.96. The minimum absolute atomic E-state index is 0.0746. The minimum Gasteiger partial charge on any atom is -0.354 e. The third-order valence-corrected chi connectivity index (χ3v) is 6.23. The molecule has 1 aromatic heterocycles. The Labute approximate surface area is 169 Å². The van der Waals surface area contributed by atoms with Crippen LogP contribution in [0.5, 0.6) is 0 Å². The maximum atomic E-state index is 12.5. The van der Waals surface area contributed by atoms with Crippen LogP contribution in [-0.2, 0) is 16.0 Å². The molecule has 1 saturated heterocycles. The van der Waals surface area contributed by atoms with Gasteiger partial charge in [0.05, 0.1) is 5.92 Å². The highest BCUT2D eigenvalue weighted by molar-refractivity contribution is 7.15. The van der Waals surface area contributed by atoms with Crippen LogP contribution in [0, 0.1) is 5.92 Å². The highest BCUT2D eigenvalue weighted by atomic mass is 32.1. The van der Waals surface area contributed by atoms with Crippen LogP contribution in [-0.4, -0.2) is 59.6 Å². The Kier molecular flexibility index (Phi) is 6.10. The number of aromatic nitrogens is 2. The molecular formula is C20H27N5O2S. The molecule has 150 valence electrons. The summed E-state index contributed by atoms with van der Waals surface area (Å²) in [4.78, 5) is 28.6. The Hall–Kier alpha value is -2.32. The lowest BCUT2D eigenvalue weighted by atomic mass is 10.0. The number of benzene rings is 1. The van der Waals surface area contributed by atoms with E-state index >= 15 is 0 Å². The molecule has 1 aromatic carbocycles. The first-order valence-corrected chi connectivity index (χ1v) is 10.2. The fourth-order valence-corrected chi connectivity index (χ4v) is 3.77. The standard InChI is InChI=1S/C20H27N5O2S/c1-20(2,24(3)4)13-21-18(27)15-11-17(26)25(12-15)19-23-22-16(28-19)10-14-8-6-5-7-9-14/h5-9,15H,10-13H2,1-4H3,(H,21,27). The highest BCUT2D eigenvalue weighted by Crippen LogP contribution is 2.29. The van der Waals surface area contributed by atoms with Gasteiger partial charge in [0.25, 0.3) is 0 Å². The van der Waals surface area contributed by atoms with Crippen molar-refractivity contribution in [2.45, 2.75) is 32.2 Å². The molecule has 0 aliphatic carbocycles. The van der Waals surface area contributed by atoms with Gasteiger partial charge in [-0.2, -0.15) is 0 Å². The second-order valence-electron chi connectivity index (χ2n) is 7.97. The van der Waals surface area contributed by atoms with Crippen molar-refractivity contribution in [1.82, 2.24) is 20.4 Å². The number of nitrogens with zero attached hydrogens (tertiary/aromatic N) is 4. The van der Waals surface area contributed by atoms with Crippen LogP contribution in [0.1, 0.15) is 30.8 Å². The first-order chi connectivity index (χ1) is 13.3. The lowest BCUT2D eigenvalue weighted by Crippen LogP contribution is -2.49. The maximum Gasteiger partial charge on any atom is 0.229 e. The smallest absolute Gasteiger partial charge is 0.229 e. The molecule has 0 spiro atoms. The predicted molar refractivity (Wildman–Crippen MR) is 110 cm³/mol. The van der Waals surface area contributed by atoms with Crippen LogP contribution in [0.15, 0.2) is 30.3 Å². The van der Waals surface area contributed by atoms with Crippen LogP contribution < -0.4 is 10.2 Å². The number of amides is 2. The number of hydrogen-bond acceptors (Lipinski definition) is 6. The normalized spacial score (nSPS) is 17.4. The predicted octanol–water partition coefficient (Wildman–Crippen LogP) is 1.94. The molecule has 1 aliphatic rings. The fourth-order valence-electron chi connectivity index (χ4n) is 2.87. The molecule has 3 rings (SSSR count). The monoisotopic (exact) mass is 401 g/mol. The number of hydrogen-bond donors (Lipinski definition) is 1. The van der Waals surface area contributed by atoms with Gasteiger partial charge in [-0.05, 0) is 33.5 Å². The van der Waals surface area contributed by atoms with Crippen LogP contribution in [0.4, 0.5) is 5.13 Å². The van der Waals surface area contributed by atoms with Crippen molar-refractivity contribution < 1.29 is 9.59 Å². The van der Waals surface area contributed by atoms with Crippen molar-refractivity contribution in [1.29, 1.82) is 0 Å². The summed E-state index contributed by atoms with van der Waals surface area (Å²) in [5, 5.41) is 12.8. The summed E-state index contributed by atoms with van der Waals surface area (Å²) in [5.74, 6) is -0.513. The number of rotatable bonds is 7. The molecule has 1 N–H and O–H groups in total. The Morgan fingerprint density at radius 3 is 2.68 bits per heavy atom. The van der Waals surface area contributed by atoms with Crippen LogP contribution >= 0.6 is 11.3 Å². The molecule has 1 fully saturated rings. The zero-order valence-corrected chi connectivity index (χ0v) is 17.6. The Bertz CT molecular complexity index is 834. The number of likely N-dealkylation sites (N-methyl/N-ethyl adjacent to an activating group) is 1. The molecule has 2 heterocycles. The van der Waals surface area contributed by atoms with E-state index in [9.17, 15) is 9.59 Å². The highest BCUT2D eigenvalue weighted by Gasteiger charge is 2.37. The summed E-state index contributed by atoms with van der Waals surface area (Å²) in [6.07, 6.45) is 0.895. The van der Waals surface area contributed by atoms with Crippen molar-refractivity contribution in [3.05, 3.63) is 40.9 Å². The second kappa shape index (κ2) is 8.36. The molecule has 7 nitrogen and oxygen atoms in total. The van der Waals surface area contributed by atoms with Gasteiger partial charge in [-0.15, -0.1) is 10.2 Å². The van der Waals surface area contributed by atoms with E-state index in [4.69, 9.17) is 0 Å². The van der Waals surface area contributed by atoms with Gasteiger partial charge >= 0.3 is 0 Å². The average Bonchev–Trinajstić information content (AvgIpc) is 3.27. The first-order valence-electron chi connectivity index (χ1n) is 9.38. The molecule has 1 unspecified atom stereocenters. The second-order valence-corrected chi connectivity index (χ2v) is 9.01. The minimum atomic E-state index is -0.355. The van der Waals surface area contributed by atoms with E-state index in [2.05, 4.69) is 34.3 Å². The van der Waals surface area contributed by atoms with Gasteiger partial charge in [-0.3, -0.25) is 14.5 Å². The quantitative estimate of drug-likeness (QED) is 0.767. The van der Waals surface area contributed by atoms with Gasteiger partial charge < -0.3 is 10.2 Å². The number of carbonyl (C=O) groups excluding carboxylic acids is 2. The van der Waals surface area contributed by atoms with Crippen molar-refractivity contribution in [3.63, 3.8) is 0 Å². The number of nitrogens with one attached hydrogen (secondary N) is 1. The third kappa shape index (κ3) is 4.74. The van der Waals surface area contributed by atoms with E-state index in [0.717, 1.165) is 10.6 Å². The summed E-state index contributed by atoms with van der Waals surface area (Å²) < 4.78 is 0. The van der Waals surface area contributed by atoms with Gasteiger partial charge in [-0.1, -0.05) is 41.7 Å². The SMILES string of the molecule is CN(C)C(C)(C)CNC(=O)C1CC(=O)N(c2nnc(Cc3ccccc3)s2)C1. The molecular weight excluding hydrogens is 374 g/mol. The van der Waals surface area contributed by atoms with E-state index in [-0.39, 0.29) is 29.7 Å². The molecule has 0 radical (unpaired) electrons. The Morgan fingerprint density at radius 1 is 1.29 bits per heavy atom. The molecule has 8 heteroatoms. The summed E-state index contributed by atoms with van der Waals surface area (Å²) in [6.45, 7) is 5.01. The molecule has 1 aliphatic heterocycles. The number of carbonyl (C=O) groups is 2. The van der Waals surface area contributed by atoms with Crippen molar-refractivity contribution in [2.75, 3.05) is 32.1 Å². The van der Waals surface area contributed by atoms with Crippen molar-refractivity contribution in [2.24, 2.45) is 5.92 Å². The largest absolute Gasteiger partial charge is 0.354 e. The zero-order valence-electron chi connectivity index (χ0n) is 16.8. The lowest BCUT2D eigenvalue weighted by Gasteiger charge is -2.33. The maximum absolute atomic E-state index is 12.5. The van der Waals surface area contributed by atoms with Crippen LogP contribution in [0.2, 0.25) is 0 Å². The van der Waals surface area contributed by atoms with Crippen molar-refractivity contribution in [3.8, 4) is 0 Å². The van der Waals surface area contributed by atoms with E-state index in [1.807, 2.05) is 44.4 Å². The fraction of sp³-hybridized carbons (Fsp3) is 0.500. The molecule has 1 atom stereocenters. The molecule has 0 bridgehead atoms. The molecule has 0 saturated carbocycles. The van der Waals surface area contributed by atoms with E-state index in [1.54, 1.807) is 4.90 Å². The van der Waals surface area contributed by atoms with E-state index < -0.39 is 0 Å². The van der Waals surface area contributed by atoms with Gasteiger partial charge in [0.15, 0.2) is 0 Å². The average molecular weight is 402 g/mol. The number of anilines is 1. The summed E-state index contributed by atoms with van der Waals surface area (Å²) >= 11 is 1.41. The lowest BCUT2D eigenvalue weighted by molar-refractivity contribution is -0.126. The summed E-state index contributed by atoms with van der Waals surface area (Å²) in [5.41, 5.74) is 1.00. The molecule has 2 amide bonds. The van der Waals surface area contributed by atoms with Gasteiger partial charge in [-0.25, -0.2) is 0 Å². The van der Waals surface area contributed by atoms with Gasteiger partial charge in [0.1, 0.15) is 5.01 Å². The third-order valence-electron chi connectivity index (χ3n) is 5.29. The zero-order chi connectivity index (χ0) is 20.3. The van der Waals surface area contributed by atoms with E-state index in [0.29, 0.717) is 24.6 Å². The van der Waals surface area contributed by atoms with Crippen molar-refractivity contribution >= 4 is 28.3 Å². The Morgan fingerprint density at radius 2 is 2.00 bits per heavy atom. The van der Waals surface area contributed by atoms with Gasteiger partial charge in [0.2, 0.25) is 16.9 Å². The summed E-state index contributed by atoms with van der Waals surface area (Å²) in [6, 6.07) is 10.0.